The lowest BCUT2D eigenvalue weighted by Crippen LogP contribution is -2.37. The number of amides is 1. The molecule has 22 heavy (non-hydrogen) atoms. The minimum Gasteiger partial charge on any atom is -0.481 e. The van der Waals surface area contributed by atoms with E-state index in [0.29, 0.717) is 29.6 Å². The third kappa shape index (κ3) is 2.99. The first-order valence-electron chi connectivity index (χ1n) is 6.88. The Morgan fingerprint density at radius 2 is 2.36 bits per heavy atom. The number of pyridine rings is 1. The largest absolute Gasteiger partial charge is 0.481 e. The molecule has 0 saturated carbocycles. The van der Waals surface area contributed by atoms with Crippen LogP contribution in [0.3, 0.4) is 0 Å². The number of benzene rings is 1. The van der Waals surface area contributed by atoms with Crippen molar-refractivity contribution in [2.75, 3.05) is 7.11 Å². The molecule has 1 atom stereocenters. The fourth-order valence-corrected chi connectivity index (χ4v) is 2.60. The lowest BCUT2D eigenvalue weighted by molar-refractivity contribution is -0.127. The zero-order valence-corrected chi connectivity index (χ0v) is 12.8. The summed E-state index contributed by atoms with van der Waals surface area (Å²) in [5.74, 6) is 1.05. The SMILES string of the molecule is COc1ncccc1CNC(=O)C1Cc2cc(Cl)ccc2O1. The molecule has 0 fully saturated rings. The van der Waals surface area contributed by atoms with Crippen molar-refractivity contribution in [2.45, 2.75) is 19.1 Å². The molecule has 0 bridgehead atoms. The highest BCUT2D eigenvalue weighted by atomic mass is 35.5. The molecule has 1 amide bonds. The summed E-state index contributed by atoms with van der Waals surface area (Å²) in [4.78, 5) is 16.3. The molecule has 5 nitrogen and oxygen atoms in total. The van der Waals surface area contributed by atoms with E-state index in [-0.39, 0.29) is 5.91 Å². The van der Waals surface area contributed by atoms with Gasteiger partial charge in [0.2, 0.25) is 5.88 Å². The summed E-state index contributed by atoms with van der Waals surface area (Å²) < 4.78 is 10.8. The lowest BCUT2D eigenvalue weighted by atomic mass is 10.1. The number of carbonyl (C=O) groups excluding carboxylic acids is 1. The van der Waals surface area contributed by atoms with Gasteiger partial charge in [-0.3, -0.25) is 4.79 Å². The minimum absolute atomic E-state index is 0.168. The second kappa shape index (κ2) is 6.23. The maximum atomic E-state index is 12.2. The predicted molar refractivity (Wildman–Crippen MR) is 82.2 cm³/mol. The monoisotopic (exact) mass is 318 g/mol. The number of carbonyl (C=O) groups is 1. The molecule has 2 aromatic rings. The third-order valence-electron chi connectivity index (χ3n) is 3.49. The van der Waals surface area contributed by atoms with E-state index in [2.05, 4.69) is 10.3 Å². The van der Waals surface area contributed by atoms with Crippen molar-refractivity contribution in [1.82, 2.24) is 10.3 Å². The Morgan fingerprint density at radius 1 is 1.50 bits per heavy atom. The standard InChI is InChI=1S/C16H15ClN2O3/c1-21-16-10(3-2-6-18-16)9-19-15(20)14-8-11-7-12(17)4-5-13(11)22-14/h2-7,14H,8-9H2,1H3,(H,19,20). The number of nitrogens with one attached hydrogen (secondary N) is 1. The topological polar surface area (TPSA) is 60.5 Å². The van der Waals surface area contributed by atoms with Crippen LogP contribution < -0.4 is 14.8 Å². The van der Waals surface area contributed by atoms with Gasteiger partial charge < -0.3 is 14.8 Å². The Bertz CT molecular complexity index is 706. The van der Waals surface area contributed by atoms with E-state index in [4.69, 9.17) is 21.1 Å². The van der Waals surface area contributed by atoms with Crippen molar-refractivity contribution in [3.8, 4) is 11.6 Å². The van der Waals surface area contributed by atoms with Crippen molar-refractivity contribution in [3.05, 3.63) is 52.7 Å². The highest BCUT2D eigenvalue weighted by Gasteiger charge is 2.29. The second-order valence-electron chi connectivity index (χ2n) is 4.95. The van der Waals surface area contributed by atoms with E-state index in [1.54, 1.807) is 31.5 Å². The molecule has 114 valence electrons. The number of nitrogens with zero attached hydrogens (tertiary/aromatic N) is 1. The number of ether oxygens (including phenoxy) is 2. The van der Waals surface area contributed by atoms with E-state index in [1.165, 1.54) is 0 Å². The molecule has 1 aromatic carbocycles. The summed E-state index contributed by atoms with van der Waals surface area (Å²) >= 11 is 5.95. The molecule has 1 N–H and O–H groups in total. The average molecular weight is 319 g/mol. The van der Waals surface area contributed by atoms with Crippen LogP contribution in [0.25, 0.3) is 0 Å². The van der Waals surface area contributed by atoms with Crippen LogP contribution in [0.2, 0.25) is 5.02 Å². The average Bonchev–Trinajstić information content (AvgIpc) is 2.96. The number of fused-ring (bicyclic) bond motifs is 1. The van der Waals surface area contributed by atoms with Gasteiger partial charge in [-0.25, -0.2) is 4.98 Å². The third-order valence-corrected chi connectivity index (χ3v) is 3.72. The second-order valence-corrected chi connectivity index (χ2v) is 5.39. The summed E-state index contributed by atoms with van der Waals surface area (Å²) in [6.07, 6.45) is 1.63. The Kier molecular flexibility index (Phi) is 4.15. The maximum absolute atomic E-state index is 12.2. The molecule has 1 aliphatic rings. The van der Waals surface area contributed by atoms with E-state index < -0.39 is 6.10 Å². The van der Waals surface area contributed by atoms with Gasteiger partial charge in [0.25, 0.3) is 5.91 Å². The van der Waals surface area contributed by atoms with E-state index in [1.807, 2.05) is 12.1 Å². The molecule has 1 aromatic heterocycles. The molecule has 1 aliphatic heterocycles. The van der Waals surface area contributed by atoms with Gasteiger partial charge in [-0.05, 0) is 29.8 Å². The Balaban J connectivity index is 1.62. The van der Waals surface area contributed by atoms with Gasteiger partial charge in [-0.15, -0.1) is 0 Å². The van der Waals surface area contributed by atoms with Crippen LogP contribution in [0.1, 0.15) is 11.1 Å². The molecule has 3 rings (SSSR count). The zero-order valence-electron chi connectivity index (χ0n) is 12.0. The van der Waals surface area contributed by atoms with Crippen molar-refractivity contribution in [2.24, 2.45) is 0 Å². The number of halogens is 1. The summed E-state index contributed by atoms with van der Waals surface area (Å²) in [7, 11) is 1.55. The molecule has 0 radical (unpaired) electrons. The normalized spacial score (nSPS) is 15.8. The fourth-order valence-electron chi connectivity index (χ4n) is 2.40. The minimum atomic E-state index is -0.531. The van der Waals surface area contributed by atoms with Crippen LogP contribution in [-0.4, -0.2) is 24.1 Å². The fraction of sp³-hybridized carbons (Fsp3) is 0.250. The maximum Gasteiger partial charge on any atom is 0.261 e. The van der Waals surface area contributed by atoms with E-state index in [9.17, 15) is 4.79 Å². The van der Waals surface area contributed by atoms with Gasteiger partial charge in [-0.1, -0.05) is 17.7 Å². The van der Waals surface area contributed by atoms with Crippen molar-refractivity contribution >= 4 is 17.5 Å². The first kappa shape index (κ1) is 14.7. The first-order valence-corrected chi connectivity index (χ1v) is 7.26. The zero-order chi connectivity index (χ0) is 15.5. The summed E-state index contributed by atoms with van der Waals surface area (Å²) in [5, 5.41) is 3.49. The number of hydrogen-bond donors (Lipinski definition) is 1. The summed E-state index contributed by atoms with van der Waals surface area (Å²) in [6.45, 7) is 0.340. The van der Waals surface area contributed by atoms with Gasteiger partial charge in [0.15, 0.2) is 6.10 Å². The Hall–Kier alpha value is -2.27. The highest BCUT2D eigenvalue weighted by molar-refractivity contribution is 6.30. The van der Waals surface area contributed by atoms with Crippen LogP contribution >= 0.6 is 11.6 Å². The van der Waals surface area contributed by atoms with Gasteiger partial charge >= 0.3 is 0 Å². The number of rotatable bonds is 4. The molecule has 2 heterocycles. The van der Waals surface area contributed by atoms with Gasteiger partial charge in [0, 0.05) is 29.7 Å². The van der Waals surface area contributed by atoms with Crippen LogP contribution in [-0.2, 0) is 17.8 Å². The van der Waals surface area contributed by atoms with Crippen molar-refractivity contribution < 1.29 is 14.3 Å². The predicted octanol–water partition coefficient (Wildman–Crippen LogP) is 2.36. The molecule has 6 heteroatoms. The number of hydrogen-bond acceptors (Lipinski definition) is 4. The van der Waals surface area contributed by atoms with Crippen LogP contribution in [0.4, 0.5) is 0 Å². The molecule has 1 unspecified atom stereocenters. The smallest absolute Gasteiger partial charge is 0.261 e. The van der Waals surface area contributed by atoms with Crippen molar-refractivity contribution in [3.63, 3.8) is 0 Å². The Labute approximate surface area is 133 Å². The van der Waals surface area contributed by atoms with Gasteiger partial charge in [-0.2, -0.15) is 0 Å². The van der Waals surface area contributed by atoms with E-state index in [0.717, 1.165) is 11.1 Å². The molecular weight excluding hydrogens is 304 g/mol. The van der Waals surface area contributed by atoms with Gasteiger partial charge in [0.05, 0.1) is 7.11 Å². The highest BCUT2D eigenvalue weighted by Crippen LogP contribution is 2.31. The number of aromatic nitrogens is 1. The molecule has 0 saturated heterocycles. The molecule has 0 aliphatic carbocycles. The van der Waals surface area contributed by atoms with Crippen LogP contribution in [0.15, 0.2) is 36.5 Å². The Morgan fingerprint density at radius 3 is 3.18 bits per heavy atom. The summed E-state index contributed by atoms with van der Waals surface area (Å²) in [5.41, 5.74) is 1.77. The molecular formula is C16H15ClN2O3. The van der Waals surface area contributed by atoms with E-state index >= 15 is 0 Å². The quantitative estimate of drug-likeness (QED) is 0.940. The summed E-state index contributed by atoms with van der Waals surface area (Å²) in [6, 6.07) is 9.02. The van der Waals surface area contributed by atoms with Crippen molar-refractivity contribution in [1.29, 1.82) is 0 Å². The first-order chi connectivity index (χ1) is 10.7. The molecule has 0 spiro atoms. The lowest BCUT2D eigenvalue weighted by Gasteiger charge is -2.12. The van der Waals surface area contributed by atoms with Crippen LogP contribution in [0, 0.1) is 0 Å². The van der Waals surface area contributed by atoms with Gasteiger partial charge in [0.1, 0.15) is 5.75 Å². The number of methoxy groups -OCH3 is 1. The van der Waals surface area contributed by atoms with Crippen LogP contribution in [0.5, 0.6) is 11.6 Å².